The van der Waals surface area contributed by atoms with Gasteiger partial charge in [0.05, 0.1) is 29.0 Å². The third kappa shape index (κ3) is 4.47. The average molecular weight is 407 g/mol. The van der Waals surface area contributed by atoms with E-state index in [0.29, 0.717) is 22.4 Å². The lowest BCUT2D eigenvalue weighted by Gasteiger charge is -2.33. The van der Waals surface area contributed by atoms with Crippen molar-refractivity contribution in [2.45, 2.75) is 32.5 Å². The lowest BCUT2D eigenvalue weighted by atomic mass is 9.92. The molecule has 1 aliphatic rings. The van der Waals surface area contributed by atoms with Crippen LogP contribution in [0.5, 0.6) is 5.75 Å². The zero-order valence-electron chi connectivity index (χ0n) is 16.5. The number of benzene rings is 2. The van der Waals surface area contributed by atoms with Crippen LogP contribution >= 0.6 is 0 Å². The lowest BCUT2D eigenvalue weighted by Crippen LogP contribution is -2.44. The van der Waals surface area contributed by atoms with Gasteiger partial charge in [0, 0.05) is 6.21 Å². The SMILES string of the molecule is CC1=C(OCc2ccc(C#N)cc2)C(F)(F)C(C(C)Oc2ccc(C#N)cc2)C=N1. The van der Waals surface area contributed by atoms with Gasteiger partial charge in [0.25, 0.3) is 0 Å². The molecule has 2 atom stereocenters. The van der Waals surface area contributed by atoms with Crippen molar-refractivity contribution in [3.05, 3.63) is 76.7 Å². The molecule has 2 aromatic carbocycles. The molecule has 0 saturated carbocycles. The maximum atomic E-state index is 15.2. The van der Waals surface area contributed by atoms with Gasteiger partial charge in [0.15, 0.2) is 5.76 Å². The third-order valence-electron chi connectivity index (χ3n) is 4.76. The van der Waals surface area contributed by atoms with Gasteiger partial charge >= 0.3 is 5.92 Å². The van der Waals surface area contributed by atoms with E-state index in [1.165, 1.54) is 13.1 Å². The number of hydrogen-bond acceptors (Lipinski definition) is 5. The molecule has 0 saturated heterocycles. The van der Waals surface area contributed by atoms with Crippen LogP contribution in [0.15, 0.2) is 65.0 Å². The first kappa shape index (κ1) is 21.0. The summed E-state index contributed by atoms with van der Waals surface area (Å²) in [6.45, 7) is 2.95. The van der Waals surface area contributed by atoms with Crippen LogP contribution in [0.25, 0.3) is 0 Å². The molecule has 0 spiro atoms. The number of halogens is 2. The Morgan fingerprint density at radius 2 is 1.60 bits per heavy atom. The Morgan fingerprint density at radius 1 is 1.03 bits per heavy atom. The van der Waals surface area contributed by atoms with Crippen LogP contribution in [-0.4, -0.2) is 18.2 Å². The molecule has 0 fully saturated rings. The summed E-state index contributed by atoms with van der Waals surface area (Å²) in [6, 6.07) is 16.8. The number of alkyl halides is 2. The summed E-state index contributed by atoms with van der Waals surface area (Å²) in [4.78, 5) is 4.10. The second-order valence-corrected chi connectivity index (χ2v) is 6.90. The summed E-state index contributed by atoms with van der Waals surface area (Å²) in [5, 5.41) is 17.7. The Hall–Kier alpha value is -3.71. The van der Waals surface area contributed by atoms with Crippen LogP contribution in [-0.2, 0) is 11.3 Å². The van der Waals surface area contributed by atoms with E-state index in [9.17, 15) is 0 Å². The van der Waals surface area contributed by atoms with Crippen LogP contribution in [0.2, 0.25) is 0 Å². The first-order valence-corrected chi connectivity index (χ1v) is 9.27. The van der Waals surface area contributed by atoms with Crippen molar-refractivity contribution in [2.75, 3.05) is 0 Å². The van der Waals surface area contributed by atoms with Crippen molar-refractivity contribution >= 4 is 6.21 Å². The summed E-state index contributed by atoms with van der Waals surface area (Å²) in [7, 11) is 0. The predicted molar refractivity (Wildman–Crippen MR) is 107 cm³/mol. The molecule has 30 heavy (non-hydrogen) atoms. The fraction of sp³-hybridized carbons (Fsp3) is 0.261. The van der Waals surface area contributed by atoms with Crippen molar-refractivity contribution in [1.82, 2.24) is 0 Å². The monoisotopic (exact) mass is 407 g/mol. The number of aliphatic imine (C=N–C) groups is 1. The fourth-order valence-electron chi connectivity index (χ4n) is 3.08. The van der Waals surface area contributed by atoms with Crippen molar-refractivity contribution in [3.63, 3.8) is 0 Å². The van der Waals surface area contributed by atoms with E-state index in [-0.39, 0.29) is 12.3 Å². The minimum Gasteiger partial charge on any atom is -0.490 e. The minimum absolute atomic E-state index is 0.0684. The van der Waals surface area contributed by atoms with Crippen molar-refractivity contribution in [1.29, 1.82) is 10.5 Å². The second kappa shape index (κ2) is 8.75. The first-order chi connectivity index (χ1) is 14.3. The standard InChI is InChI=1S/C23H19F2N3O2/c1-15-22(29-14-19-5-3-17(11-26)4-6-19)23(24,25)21(13-28-15)16(2)30-20-9-7-18(12-27)8-10-20/h3-10,13,16,21H,14H2,1-2H3. The molecule has 3 rings (SSSR count). The predicted octanol–water partition coefficient (Wildman–Crippen LogP) is 4.98. The van der Waals surface area contributed by atoms with Gasteiger partial charge in [0.2, 0.25) is 0 Å². The summed E-state index contributed by atoms with van der Waals surface area (Å²) in [5.41, 5.74) is 1.71. The Bertz CT molecular complexity index is 1050. The highest BCUT2D eigenvalue weighted by Gasteiger charge is 2.50. The molecule has 0 N–H and O–H groups in total. The molecular weight excluding hydrogens is 388 g/mol. The van der Waals surface area contributed by atoms with Crippen LogP contribution in [0.4, 0.5) is 8.78 Å². The van der Waals surface area contributed by atoms with Crippen LogP contribution in [0, 0.1) is 28.6 Å². The second-order valence-electron chi connectivity index (χ2n) is 6.90. The van der Waals surface area contributed by atoms with Gasteiger partial charge in [0.1, 0.15) is 24.4 Å². The van der Waals surface area contributed by atoms with Gasteiger partial charge in [-0.3, -0.25) is 4.99 Å². The quantitative estimate of drug-likeness (QED) is 0.676. The maximum Gasteiger partial charge on any atom is 0.317 e. The summed E-state index contributed by atoms with van der Waals surface area (Å²) in [6.07, 6.45) is 0.302. The highest BCUT2D eigenvalue weighted by Crippen LogP contribution is 2.40. The van der Waals surface area contributed by atoms with Crippen molar-refractivity contribution < 1.29 is 18.3 Å². The molecule has 2 unspecified atom stereocenters. The molecule has 152 valence electrons. The molecule has 2 aromatic rings. The first-order valence-electron chi connectivity index (χ1n) is 9.27. The molecule has 7 heteroatoms. The largest absolute Gasteiger partial charge is 0.490 e. The highest BCUT2D eigenvalue weighted by molar-refractivity contribution is 5.67. The summed E-state index contributed by atoms with van der Waals surface area (Å²) < 4.78 is 41.6. The Morgan fingerprint density at radius 3 is 2.17 bits per heavy atom. The molecule has 0 aromatic heterocycles. The zero-order chi connectivity index (χ0) is 21.7. The fourth-order valence-corrected chi connectivity index (χ4v) is 3.08. The number of nitriles is 2. The van der Waals surface area contributed by atoms with Gasteiger partial charge in [-0.05, 0) is 55.8 Å². The normalized spacial score (nSPS) is 18.3. The molecule has 1 heterocycles. The molecule has 0 amide bonds. The number of ether oxygens (including phenoxy) is 2. The minimum atomic E-state index is -3.32. The maximum absolute atomic E-state index is 15.2. The lowest BCUT2D eigenvalue weighted by molar-refractivity contribution is -0.0791. The van der Waals surface area contributed by atoms with Crippen LogP contribution in [0.1, 0.15) is 30.5 Å². The zero-order valence-corrected chi connectivity index (χ0v) is 16.5. The van der Waals surface area contributed by atoms with E-state index >= 15 is 8.78 Å². The van der Waals surface area contributed by atoms with Crippen molar-refractivity contribution in [3.8, 4) is 17.9 Å². The van der Waals surface area contributed by atoms with Gasteiger partial charge < -0.3 is 9.47 Å². The van der Waals surface area contributed by atoms with E-state index in [2.05, 4.69) is 4.99 Å². The molecule has 0 bridgehead atoms. The summed E-state index contributed by atoms with van der Waals surface area (Å²) in [5.74, 6) is -4.75. The van der Waals surface area contributed by atoms with E-state index in [0.717, 1.165) is 0 Å². The highest BCUT2D eigenvalue weighted by atomic mass is 19.3. The molecular formula is C23H19F2N3O2. The van der Waals surface area contributed by atoms with Gasteiger partial charge in [-0.15, -0.1) is 0 Å². The van der Waals surface area contributed by atoms with E-state index in [1.807, 2.05) is 12.1 Å². The topological polar surface area (TPSA) is 78.4 Å². The molecule has 0 radical (unpaired) electrons. The number of nitrogens with zero attached hydrogens (tertiary/aromatic N) is 3. The van der Waals surface area contributed by atoms with Gasteiger partial charge in [-0.1, -0.05) is 12.1 Å². The van der Waals surface area contributed by atoms with Crippen LogP contribution < -0.4 is 4.74 Å². The molecule has 0 aliphatic carbocycles. The number of rotatable bonds is 6. The smallest absolute Gasteiger partial charge is 0.317 e. The third-order valence-corrected chi connectivity index (χ3v) is 4.76. The van der Waals surface area contributed by atoms with Gasteiger partial charge in [-0.25, -0.2) is 0 Å². The molecule has 1 aliphatic heterocycles. The number of allylic oxidation sites excluding steroid dienone is 2. The number of hydrogen-bond donors (Lipinski definition) is 0. The Kier molecular flexibility index (Phi) is 6.13. The van der Waals surface area contributed by atoms with E-state index < -0.39 is 23.7 Å². The summed E-state index contributed by atoms with van der Waals surface area (Å²) >= 11 is 0. The van der Waals surface area contributed by atoms with Gasteiger partial charge in [-0.2, -0.15) is 19.3 Å². The van der Waals surface area contributed by atoms with Crippen molar-refractivity contribution in [2.24, 2.45) is 10.9 Å². The Balaban J connectivity index is 1.72. The van der Waals surface area contributed by atoms with Crippen LogP contribution in [0.3, 0.4) is 0 Å². The average Bonchev–Trinajstić information content (AvgIpc) is 2.74. The Labute approximate surface area is 173 Å². The van der Waals surface area contributed by atoms with E-state index in [1.54, 1.807) is 55.5 Å². The van der Waals surface area contributed by atoms with E-state index in [4.69, 9.17) is 20.0 Å². The molecule has 5 nitrogen and oxygen atoms in total.